The summed E-state index contributed by atoms with van der Waals surface area (Å²) in [5.74, 6) is 1.31. The average molecular weight is 441 g/mol. The second-order valence-corrected chi connectivity index (χ2v) is 8.02. The Morgan fingerprint density at radius 3 is 1.72 bits per heavy atom. The van der Waals surface area contributed by atoms with Crippen molar-refractivity contribution in [1.82, 2.24) is 10.2 Å². The van der Waals surface area contributed by atoms with E-state index in [1.807, 2.05) is 62.4 Å². The monoisotopic (exact) mass is 440 g/mol. The summed E-state index contributed by atoms with van der Waals surface area (Å²) in [6.07, 6.45) is 2.79. The number of carbonyl (C=O) groups is 2. The van der Waals surface area contributed by atoms with Gasteiger partial charge in [0, 0.05) is 20.0 Å². The second kappa shape index (κ2) is 12.1. The molecule has 2 rings (SSSR count). The lowest BCUT2D eigenvalue weighted by Crippen LogP contribution is -2.59. The van der Waals surface area contributed by atoms with Crippen LogP contribution in [0.25, 0.3) is 0 Å². The molecular formula is C26H36N2O4. The van der Waals surface area contributed by atoms with E-state index in [0.717, 1.165) is 35.5 Å². The molecule has 0 fully saturated rings. The highest BCUT2D eigenvalue weighted by atomic mass is 16.5. The number of amides is 2. The molecule has 0 heterocycles. The van der Waals surface area contributed by atoms with Crippen LogP contribution in [0, 0.1) is 0 Å². The Balaban J connectivity index is 2.30. The second-order valence-electron chi connectivity index (χ2n) is 8.02. The van der Waals surface area contributed by atoms with Gasteiger partial charge in [0.25, 0.3) is 0 Å². The van der Waals surface area contributed by atoms with E-state index in [1.165, 1.54) is 0 Å². The van der Waals surface area contributed by atoms with Gasteiger partial charge in [0.2, 0.25) is 11.8 Å². The number of nitrogens with zero attached hydrogens (tertiary/aromatic N) is 1. The van der Waals surface area contributed by atoms with Crippen molar-refractivity contribution in [3.8, 4) is 11.5 Å². The van der Waals surface area contributed by atoms with Gasteiger partial charge in [-0.25, -0.2) is 0 Å². The summed E-state index contributed by atoms with van der Waals surface area (Å²) in [6, 6.07) is 15.2. The topological polar surface area (TPSA) is 67.9 Å². The number of carbonyl (C=O) groups excluding carboxylic acids is 2. The smallest absolute Gasteiger partial charge is 0.246 e. The summed E-state index contributed by atoms with van der Waals surface area (Å²) in [4.78, 5) is 28.2. The van der Waals surface area contributed by atoms with Gasteiger partial charge in [0.15, 0.2) is 0 Å². The van der Waals surface area contributed by atoms with Gasteiger partial charge >= 0.3 is 0 Å². The van der Waals surface area contributed by atoms with Crippen molar-refractivity contribution in [3.05, 3.63) is 59.7 Å². The molecule has 0 aliphatic heterocycles. The van der Waals surface area contributed by atoms with Crippen LogP contribution in [-0.2, 0) is 22.7 Å². The molecule has 2 aromatic carbocycles. The number of hydrogen-bond acceptors (Lipinski definition) is 4. The summed E-state index contributed by atoms with van der Waals surface area (Å²) in [5, 5.41) is 3.09. The van der Waals surface area contributed by atoms with Crippen molar-refractivity contribution in [2.75, 3.05) is 14.2 Å². The standard InChI is InChI=1S/C26H36N2O4/c1-6-16-26(17-7-2,25(30)27-18-21-8-12-23(31-4)13-9-21)28(20(3)29)19-22-10-14-24(32-5)15-11-22/h8-15H,6-7,16-19H2,1-5H3,(H,27,30). The zero-order chi connectivity index (χ0) is 23.6. The Hall–Kier alpha value is -3.02. The maximum absolute atomic E-state index is 13.6. The summed E-state index contributed by atoms with van der Waals surface area (Å²) >= 11 is 0. The molecule has 0 atom stereocenters. The molecule has 0 aliphatic carbocycles. The number of hydrogen-bond donors (Lipinski definition) is 1. The number of ether oxygens (including phenoxy) is 2. The minimum Gasteiger partial charge on any atom is -0.497 e. The lowest BCUT2D eigenvalue weighted by atomic mass is 9.84. The predicted molar refractivity (Wildman–Crippen MR) is 127 cm³/mol. The van der Waals surface area contributed by atoms with E-state index < -0.39 is 5.54 Å². The summed E-state index contributed by atoms with van der Waals surface area (Å²) in [6.45, 7) is 6.40. The molecule has 2 amide bonds. The highest BCUT2D eigenvalue weighted by molar-refractivity contribution is 5.91. The fourth-order valence-electron chi connectivity index (χ4n) is 4.14. The quantitative estimate of drug-likeness (QED) is 0.519. The molecular weight excluding hydrogens is 404 g/mol. The van der Waals surface area contributed by atoms with E-state index in [9.17, 15) is 9.59 Å². The lowest BCUT2D eigenvalue weighted by molar-refractivity contribution is -0.149. The zero-order valence-corrected chi connectivity index (χ0v) is 19.9. The van der Waals surface area contributed by atoms with Gasteiger partial charge in [-0.3, -0.25) is 9.59 Å². The van der Waals surface area contributed by atoms with Crippen LogP contribution in [0.4, 0.5) is 0 Å². The Bertz CT molecular complexity index is 856. The van der Waals surface area contributed by atoms with Crippen LogP contribution in [0.2, 0.25) is 0 Å². The molecule has 0 radical (unpaired) electrons. The SMILES string of the molecule is CCCC(CCC)(C(=O)NCc1ccc(OC)cc1)N(Cc1ccc(OC)cc1)C(C)=O. The molecule has 6 nitrogen and oxygen atoms in total. The molecule has 0 aliphatic rings. The molecule has 32 heavy (non-hydrogen) atoms. The van der Waals surface area contributed by atoms with E-state index in [1.54, 1.807) is 26.0 Å². The Kier molecular flexibility index (Phi) is 9.57. The van der Waals surface area contributed by atoms with Gasteiger partial charge in [-0.1, -0.05) is 51.0 Å². The van der Waals surface area contributed by atoms with Crippen LogP contribution >= 0.6 is 0 Å². The highest BCUT2D eigenvalue weighted by Crippen LogP contribution is 2.31. The van der Waals surface area contributed by atoms with Gasteiger partial charge in [-0.2, -0.15) is 0 Å². The van der Waals surface area contributed by atoms with Crippen LogP contribution in [-0.4, -0.2) is 36.5 Å². The van der Waals surface area contributed by atoms with E-state index in [2.05, 4.69) is 5.32 Å². The minimum absolute atomic E-state index is 0.109. The van der Waals surface area contributed by atoms with Crippen molar-refractivity contribution < 1.29 is 19.1 Å². The predicted octanol–water partition coefficient (Wildman–Crippen LogP) is 4.71. The third-order valence-electron chi connectivity index (χ3n) is 5.76. The number of benzene rings is 2. The fraction of sp³-hybridized carbons (Fsp3) is 0.462. The third-order valence-corrected chi connectivity index (χ3v) is 5.76. The van der Waals surface area contributed by atoms with E-state index >= 15 is 0 Å². The molecule has 0 bridgehead atoms. The Morgan fingerprint density at radius 2 is 1.31 bits per heavy atom. The van der Waals surface area contributed by atoms with Crippen molar-refractivity contribution in [1.29, 1.82) is 0 Å². The lowest BCUT2D eigenvalue weighted by Gasteiger charge is -2.42. The number of nitrogens with one attached hydrogen (secondary N) is 1. The third kappa shape index (κ3) is 6.25. The van der Waals surface area contributed by atoms with Crippen molar-refractivity contribution >= 4 is 11.8 Å². The van der Waals surface area contributed by atoms with Crippen molar-refractivity contribution in [2.45, 2.75) is 65.1 Å². The molecule has 1 N–H and O–H groups in total. The molecule has 174 valence electrons. The number of rotatable bonds is 12. The molecule has 0 saturated heterocycles. The van der Waals surface area contributed by atoms with Crippen molar-refractivity contribution in [2.24, 2.45) is 0 Å². The van der Waals surface area contributed by atoms with Crippen LogP contribution in [0.5, 0.6) is 11.5 Å². The van der Waals surface area contributed by atoms with Gasteiger partial charge in [-0.15, -0.1) is 0 Å². The molecule has 6 heteroatoms. The fourth-order valence-corrected chi connectivity index (χ4v) is 4.14. The zero-order valence-electron chi connectivity index (χ0n) is 19.9. The Labute approximate surface area is 191 Å². The first kappa shape index (κ1) is 25.2. The van der Waals surface area contributed by atoms with Gasteiger partial charge in [0.1, 0.15) is 17.0 Å². The van der Waals surface area contributed by atoms with Crippen molar-refractivity contribution in [3.63, 3.8) is 0 Å². The van der Waals surface area contributed by atoms with Crippen LogP contribution < -0.4 is 14.8 Å². The van der Waals surface area contributed by atoms with Crippen LogP contribution in [0.15, 0.2) is 48.5 Å². The number of methoxy groups -OCH3 is 2. The van der Waals surface area contributed by atoms with Gasteiger partial charge < -0.3 is 19.7 Å². The van der Waals surface area contributed by atoms with Gasteiger partial charge in [0.05, 0.1) is 14.2 Å². The van der Waals surface area contributed by atoms with Crippen LogP contribution in [0.1, 0.15) is 57.6 Å². The summed E-state index contributed by atoms with van der Waals surface area (Å²) < 4.78 is 10.4. The maximum atomic E-state index is 13.6. The molecule has 0 aromatic heterocycles. The first-order valence-corrected chi connectivity index (χ1v) is 11.2. The summed E-state index contributed by atoms with van der Waals surface area (Å²) in [5.41, 5.74) is 1.04. The van der Waals surface area contributed by atoms with E-state index in [-0.39, 0.29) is 11.8 Å². The maximum Gasteiger partial charge on any atom is 0.246 e. The molecule has 0 unspecified atom stereocenters. The molecule has 2 aromatic rings. The summed E-state index contributed by atoms with van der Waals surface area (Å²) in [7, 11) is 3.25. The largest absolute Gasteiger partial charge is 0.497 e. The first-order valence-electron chi connectivity index (χ1n) is 11.2. The minimum atomic E-state index is -0.901. The van der Waals surface area contributed by atoms with Gasteiger partial charge in [-0.05, 0) is 48.2 Å². The molecule has 0 saturated carbocycles. The normalized spacial score (nSPS) is 11.0. The average Bonchev–Trinajstić information content (AvgIpc) is 2.81. The van der Waals surface area contributed by atoms with E-state index in [4.69, 9.17) is 9.47 Å². The highest BCUT2D eigenvalue weighted by Gasteiger charge is 2.43. The Morgan fingerprint density at radius 1 is 0.844 bits per heavy atom. The van der Waals surface area contributed by atoms with E-state index in [0.29, 0.717) is 25.9 Å². The first-order chi connectivity index (χ1) is 15.4. The molecule has 0 spiro atoms. The van der Waals surface area contributed by atoms with Crippen LogP contribution in [0.3, 0.4) is 0 Å².